The minimum Gasteiger partial charge on any atom is -0.473 e. The molecule has 124 valence electrons. The highest BCUT2D eigenvalue weighted by Gasteiger charge is 2.20. The third-order valence-corrected chi connectivity index (χ3v) is 4.26. The Balaban J connectivity index is 1.78. The number of nitrogens with one attached hydrogen (secondary N) is 1. The number of hydrogen-bond acceptors (Lipinski definition) is 3. The molecule has 1 fully saturated rings. The molecule has 2 aromatic carbocycles. The second kappa shape index (κ2) is 6.20. The van der Waals surface area contributed by atoms with Gasteiger partial charge < -0.3 is 10.1 Å². The summed E-state index contributed by atoms with van der Waals surface area (Å²) in [6, 6.07) is 11.0. The maximum atomic E-state index is 14.2. The van der Waals surface area contributed by atoms with Crippen molar-refractivity contribution in [1.29, 1.82) is 0 Å². The molecular weight excluding hydrogens is 312 g/mol. The molecular formula is C18H17F2N3O. The van der Waals surface area contributed by atoms with Crippen LogP contribution in [0.25, 0.3) is 16.6 Å². The fraction of sp³-hybridized carbons (Fsp3) is 0.278. The Bertz CT molecular complexity index is 872. The van der Waals surface area contributed by atoms with E-state index in [0.717, 1.165) is 42.9 Å². The molecule has 0 aliphatic carbocycles. The largest absolute Gasteiger partial charge is 0.473 e. The van der Waals surface area contributed by atoms with Crippen molar-refractivity contribution in [1.82, 2.24) is 15.1 Å². The van der Waals surface area contributed by atoms with E-state index in [1.165, 1.54) is 16.8 Å². The monoisotopic (exact) mass is 329 g/mol. The zero-order chi connectivity index (χ0) is 16.5. The summed E-state index contributed by atoms with van der Waals surface area (Å²) in [6.07, 6.45) is 1.91. The second-order valence-corrected chi connectivity index (χ2v) is 5.90. The number of rotatable bonds is 3. The quantitative estimate of drug-likeness (QED) is 0.800. The molecule has 2 heterocycles. The normalized spacial score (nSPS) is 15.8. The molecule has 6 heteroatoms. The summed E-state index contributed by atoms with van der Waals surface area (Å²) in [5, 5.41) is 8.57. The first-order valence-electron chi connectivity index (χ1n) is 8.03. The maximum absolute atomic E-state index is 14.2. The Morgan fingerprint density at radius 2 is 1.88 bits per heavy atom. The van der Waals surface area contributed by atoms with Crippen LogP contribution < -0.4 is 10.1 Å². The molecule has 0 spiro atoms. The van der Waals surface area contributed by atoms with Gasteiger partial charge in [-0.3, -0.25) is 0 Å². The van der Waals surface area contributed by atoms with Gasteiger partial charge >= 0.3 is 0 Å². The Morgan fingerprint density at radius 1 is 1.08 bits per heavy atom. The summed E-state index contributed by atoms with van der Waals surface area (Å²) >= 11 is 0. The number of aromatic nitrogens is 2. The minimum atomic E-state index is -0.656. The summed E-state index contributed by atoms with van der Waals surface area (Å²) in [5.74, 6) is -0.781. The van der Waals surface area contributed by atoms with Gasteiger partial charge in [0.2, 0.25) is 5.88 Å². The standard InChI is InChI=1S/C18H17F2N3O/c19-12-5-6-17(15(20)11-12)23-16-4-2-1-3-14(16)18(22-23)24-13-7-9-21-10-8-13/h1-6,11,13,21H,7-10H2. The third-order valence-electron chi connectivity index (χ3n) is 4.26. The first-order valence-corrected chi connectivity index (χ1v) is 8.03. The van der Waals surface area contributed by atoms with Crippen LogP contribution in [0.1, 0.15) is 12.8 Å². The van der Waals surface area contributed by atoms with Crippen molar-refractivity contribution in [2.45, 2.75) is 18.9 Å². The molecule has 1 aromatic heterocycles. The molecule has 4 nitrogen and oxygen atoms in total. The van der Waals surface area contributed by atoms with Crippen molar-refractivity contribution < 1.29 is 13.5 Å². The molecule has 3 aromatic rings. The number of nitrogens with zero attached hydrogens (tertiary/aromatic N) is 2. The number of piperidine rings is 1. The van der Waals surface area contributed by atoms with Crippen LogP contribution in [0.5, 0.6) is 5.88 Å². The summed E-state index contributed by atoms with van der Waals surface area (Å²) in [4.78, 5) is 0. The topological polar surface area (TPSA) is 39.1 Å². The first-order chi connectivity index (χ1) is 11.7. The summed E-state index contributed by atoms with van der Waals surface area (Å²) < 4.78 is 34.9. The van der Waals surface area contributed by atoms with E-state index in [9.17, 15) is 8.78 Å². The van der Waals surface area contributed by atoms with Crippen LogP contribution in [0.3, 0.4) is 0 Å². The number of hydrogen-bond donors (Lipinski definition) is 1. The second-order valence-electron chi connectivity index (χ2n) is 5.90. The lowest BCUT2D eigenvalue weighted by Gasteiger charge is -2.22. The lowest BCUT2D eigenvalue weighted by Crippen LogP contribution is -2.34. The molecule has 4 rings (SSSR count). The minimum absolute atomic E-state index is 0.0936. The summed E-state index contributed by atoms with van der Waals surface area (Å²) in [6.45, 7) is 1.83. The summed E-state index contributed by atoms with van der Waals surface area (Å²) in [7, 11) is 0. The smallest absolute Gasteiger partial charge is 0.241 e. The van der Waals surface area contributed by atoms with Gasteiger partial charge in [-0.25, -0.2) is 13.5 Å². The van der Waals surface area contributed by atoms with Crippen LogP contribution in [0.4, 0.5) is 8.78 Å². The highest BCUT2D eigenvalue weighted by Crippen LogP contribution is 2.30. The molecule has 0 bridgehead atoms. The first kappa shape index (κ1) is 15.1. The van der Waals surface area contributed by atoms with Crippen LogP contribution >= 0.6 is 0 Å². The van der Waals surface area contributed by atoms with E-state index < -0.39 is 11.6 Å². The molecule has 0 atom stereocenters. The van der Waals surface area contributed by atoms with Crippen molar-refractivity contribution in [2.75, 3.05) is 13.1 Å². The summed E-state index contributed by atoms with van der Waals surface area (Å²) in [5.41, 5.74) is 0.930. The molecule has 0 amide bonds. The lowest BCUT2D eigenvalue weighted by molar-refractivity contribution is 0.157. The van der Waals surface area contributed by atoms with Crippen LogP contribution in [-0.2, 0) is 0 Å². The zero-order valence-corrected chi connectivity index (χ0v) is 13.0. The zero-order valence-electron chi connectivity index (χ0n) is 13.0. The Morgan fingerprint density at radius 3 is 2.67 bits per heavy atom. The van der Waals surface area contributed by atoms with Gasteiger partial charge in [0, 0.05) is 6.07 Å². The van der Waals surface area contributed by atoms with Gasteiger partial charge in [0.25, 0.3) is 0 Å². The average molecular weight is 329 g/mol. The Kier molecular flexibility index (Phi) is 3.90. The maximum Gasteiger partial charge on any atom is 0.241 e. The van der Waals surface area contributed by atoms with Crippen molar-refractivity contribution in [3.05, 3.63) is 54.1 Å². The van der Waals surface area contributed by atoms with E-state index in [4.69, 9.17) is 4.74 Å². The SMILES string of the molecule is Fc1ccc(-n2nc(OC3CCNCC3)c3ccccc32)c(F)c1. The van der Waals surface area contributed by atoms with Crippen LogP contribution in [0.15, 0.2) is 42.5 Å². The van der Waals surface area contributed by atoms with E-state index in [1.807, 2.05) is 24.3 Å². The number of ether oxygens (including phenoxy) is 1. The molecule has 1 N–H and O–H groups in total. The van der Waals surface area contributed by atoms with Crippen LogP contribution in [0.2, 0.25) is 0 Å². The molecule has 0 unspecified atom stereocenters. The van der Waals surface area contributed by atoms with Crippen molar-refractivity contribution in [2.24, 2.45) is 0 Å². The van der Waals surface area contributed by atoms with Crippen molar-refractivity contribution in [3.8, 4) is 11.6 Å². The lowest BCUT2D eigenvalue weighted by atomic mass is 10.1. The number of benzene rings is 2. The Hall–Kier alpha value is -2.47. The number of para-hydroxylation sites is 1. The molecule has 1 aliphatic heterocycles. The van der Waals surface area contributed by atoms with E-state index in [1.54, 1.807) is 0 Å². The predicted octanol–water partition coefficient (Wildman–Crippen LogP) is 3.43. The predicted molar refractivity (Wildman–Crippen MR) is 87.5 cm³/mol. The fourth-order valence-electron chi connectivity index (χ4n) is 3.03. The van der Waals surface area contributed by atoms with E-state index in [-0.39, 0.29) is 11.8 Å². The van der Waals surface area contributed by atoms with Gasteiger partial charge in [0.05, 0.1) is 10.9 Å². The van der Waals surface area contributed by atoms with Crippen LogP contribution in [0, 0.1) is 11.6 Å². The van der Waals surface area contributed by atoms with Gasteiger partial charge in [-0.1, -0.05) is 12.1 Å². The van der Waals surface area contributed by atoms with Gasteiger partial charge in [0.15, 0.2) is 5.82 Å². The van der Waals surface area contributed by atoms with E-state index in [2.05, 4.69) is 10.4 Å². The Labute approximate surface area is 138 Å². The van der Waals surface area contributed by atoms with Crippen molar-refractivity contribution >= 4 is 10.9 Å². The van der Waals surface area contributed by atoms with E-state index >= 15 is 0 Å². The molecule has 1 aliphatic rings. The van der Waals surface area contributed by atoms with Crippen molar-refractivity contribution in [3.63, 3.8) is 0 Å². The number of fused-ring (bicyclic) bond motifs is 1. The van der Waals surface area contributed by atoms with E-state index in [0.29, 0.717) is 5.88 Å². The molecule has 0 radical (unpaired) electrons. The number of halogens is 2. The van der Waals surface area contributed by atoms with Gasteiger partial charge in [-0.15, -0.1) is 5.10 Å². The van der Waals surface area contributed by atoms with Crippen LogP contribution in [-0.4, -0.2) is 29.0 Å². The highest BCUT2D eigenvalue weighted by atomic mass is 19.1. The van der Waals surface area contributed by atoms with Gasteiger partial charge in [-0.2, -0.15) is 0 Å². The highest BCUT2D eigenvalue weighted by molar-refractivity contribution is 5.86. The van der Waals surface area contributed by atoms with Gasteiger partial charge in [-0.05, 0) is 50.2 Å². The van der Waals surface area contributed by atoms with Gasteiger partial charge in [0.1, 0.15) is 17.6 Å². The molecule has 1 saturated heterocycles. The fourth-order valence-corrected chi connectivity index (χ4v) is 3.03. The molecule has 0 saturated carbocycles. The average Bonchev–Trinajstić information content (AvgIpc) is 2.95. The molecule has 24 heavy (non-hydrogen) atoms. The third kappa shape index (κ3) is 2.73.